The molecule has 0 aliphatic heterocycles. The van der Waals surface area contributed by atoms with Gasteiger partial charge in [-0.05, 0) is 43.4 Å². The van der Waals surface area contributed by atoms with Crippen LogP contribution in [0.1, 0.15) is 83.2 Å². The molecule has 1 atom stereocenters. The molecule has 1 aromatic rings. The van der Waals surface area contributed by atoms with Gasteiger partial charge >= 0.3 is 0 Å². The molecule has 1 aliphatic carbocycles. The minimum atomic E-state index is -0.585. The van der Waals surface area contributed by atoms with Gasteiger partial charge in [-0.1, -0.05) is 51.7 Å². The fraction of sp³-hybridized carbons (Fsp3) is 0.652. The van der Waals surface area contributed by atoms with Gasteiger partial charge in [-0.15, -0.1) is 0 Å². The third-order valence-corrected chi connectivity index (χ3v) is 5.48. The second kappa shape index (κ2) is 11.7. The van der Waals surface area contributed by atoms with Crippen LogP contribution in [0.4, 0.5) is 0 Å². The number of benzene rings is 1. The van der Waals surface area contributed by atoms with Crippen molar-refractivity contribution in [1.82, 2.24) is 10.2 Å². The Bertz CT molecular complexity index is 609. The number of hydrogen-bond donors (Lipinski definition) is 1. The summed E-state index contributed by atoms with van der Waals surface area (Å²) >= 11 is 0. The van der Waals surface area contributed by atoms with Crippen LogP contribution in [-0.2, 0) is 9.59 Å². The molecule has 1 saturated carbocycles. The number of methoxy groups -OCH3 is 1. The first-order valence-electron chi connectivity index (χ1n) is 10.8. The zero-order valence-electron chi connectivity index (χ0n) is 17.7. The predicted molar refractivity (Wildman–Crippen MR) is 112 cm³/mol. The summed E-state index contributed by atoms with van der Waals surface area (Å²) in [5.74, 6) is 0.739. The van der Waals surface area contributed by atoms with Crippen molar-refractivity contribution in [3.05, 3.63) is 29.8 Å². The molecule has 1 unspecified atom stereocenters. The van der Waals surface area contributed by atoms with Gasteiger partial charge in [0.15, 0.2) is 0 Å². The van der Waals surface area contributed by atoms with Crippen molar-refractivity contribution >= 4 is 11.8 Å². The summed E-state index contributed by atoms with van der Waals surface area (Å²) in [5, 5.41) is 3.24. The lowest BCUT2D eigenvalue weighted by Crippen LogP contribution is -2.47. The van der Waals surface area contributed by atoms with Crippen LogP contribution in [-0.4, -0.2) is 36.4 Å². The van der Waals surface area contributed by atoms with Crippen LogP contribution in [0.3, 0.4) is 0 Å². The molecule has 5 heteroatoms. The Balaban J connectivity index is 2.30. The lowest BCUT2D eigenvalue weighted by Gasteiger charge is -2.33. The van der Waals surface area contributed by atoms with E-state index in [1.807, 2.05) is 31.2 Å². The summed E-state index contributed by atoms with van der Waals surface area (Å²) in [7, 11) is 1.63. The van der Waals surface area contributed by atoms with Gasteiger partial charge in [-0.3, -0.25) is 9.59 Å². The molecule has 0 aromatic heterocycles. The van der Waals surface area contributed by atoms with E-state index in [0.717, 1.165) is 56.3 Å². The lowest BCUT2D eigenvalue weighted by molar-refractivity contribution is -0.141. The Kier molecular flexibility index (Phi) is 9.32. The normalized spacial score (nSPS) is 15.7. The standard InChI is InChI=1S/C23H36N2O3/c1-4-6-17-25(21(26)10-5-2)22(18-13-15-20(28-3)16-14-18)23(27)24-19-11-8-7-9-12-19/h13-16,19,22H,4-12,17H2,1-3H3,(H,24,27). The van der Waals surface area contributed by atoms with Crippen LogP contribution in [0.5, 0.6) is 5.75 Å². The van der Waals surface area contributed by atoms with Crippen molar-refractivity contribution in [2.45, 2.75) is 83.7 Å². The van der Waals surface area contributed by atoms with Crippen molar-refractivity contribution in [3.8, 4) is 5.75 Å². The number of carbonyl (C=O) groups is 2. The number of carbonyl (C=O) groups excluding carboxylic acids is 2. The van der Waals surface area contributed by atoms with Crippen LogP contribution in [0.25, 0.3) is 0 Å². The molecule has 0 heterocycles. The first kappa shape index (κ1) is 22.3. The average Bonchev–Trinajstić information content (AvgIpc) is 2.72. The van der Waals surface area contributed by atoms with Crippen molar-refractivity contribution < 1.29 is 14.3 Å². The molecule has 5 nitrogen and oxygen atoms in total. The van der Waals surface area contributed by atoms with E-state index in [9.17, 15) is 9.59 Å². The fourth-order valence-corrected chi connectivity index (χ4v) is 3.87. The Morgan fingerprint density at radius 1 is 1.11 bits per heavy atom. The SMILES string of the molecule is CCCCN(C(=O)CCC)C(C(=O)NC1CCCCC1)c1ccc(OC)cc1. The van der Waals surface area contributed by atoms with Crippen LogP contribution in [0, 0.1) is 0 Å². The highest BCUT2D eigenvalue weighted by Gasteiger charge is 2.32. The summed E-state index contributed by atoms with van der Waals surface area (Å²) in [6.07, 6.45) is 8.73. The second-order valence-corrected chi connectivity index (χ2v) is 7.71. The third-order valence-electron chi connectivity index (χ3n) is 5.48. The maximum absolute atomic E-state index is 13.3. The van der Waals surface area contributed by atoms with Gasteiger partial charge in [-0.25, -0.2) is 0 Å². The number of nitrogens with zero attached hydrogens (tertiary/aromatic N) is 1. The number of ether oxygens (including phenoxy) is 1. The Morgan fingerprint density at radius 2 is 1.79 bits per heavy atom. The summed E-state index contributed by atoms with van der Waals surface area (Å²) in [4.78, 5) is 28.0. The molecule has 0 spiro atoms. The number of rotatable bonds is 10. The van der Waals surface area contributed by atoms with Gasteiger partial charge in [0, 0.05) is 19.0 Å². The molecule has 1 N–H and O–H groups in total. The summed E-state index contributed by atoms with van der Waals surface area (Å²) in [6, 6.07) is 7.16. The van der Waals surface area contributed by atoms with Crippen LogP contribution in [0.2, 0.25) is 0 Å². The summed E-state index contributed by atoms with van der Waals surface area (Å²) in [6.45, 7) is 4.71. The molecule has 156 valence electrons. The number of hydrogen-bond acceptors (Lipinski definition) is 3. The molecule has 1 aromatic carbocycles. The van der Waals surface area contributed by atoms with E-state index in [2.05, 4.69) is 12.2 Å². The van der Waals surface area contributed by atoms with Crippen molar-refractivity contribution in [3.63, 3.8) is 0 Å². The van der Waals surface area contributed by atoms with E-state index < -0.39 is 6.04 Å². The van der Waals surface area contributed by atoms with Crippen LogP contribution < -0.4 is 10.1 Å². The largest absolute Gasteiger partial charge is 0.497 e. The van der Waals surface area contributed by atoms with Gasteiger partial charge in [-0.2, -0.15) is 0 Å². The maximum atomic E-state index is 13.3. The lowest BCUT2D eigenvalue weighted by atomic mass is 9.94. The fourth-order valence-electron chi connectivity index (χ4n) is 3.87. The van der Waals surface area contributed by atoms with E-state index in [4.69, 9.17) is 4.74 Å². The summed E-state index contributed by atoms with van der Waals surface area (Å²) in [5.41, 5.74) is 0.842. The molecule has 0 radical (unpaired) electrons. The minimum Gasteiger partial charge on any atom is -0.497 e. The van der Waals surface area contributed by atoms with Crippen molar-refractivity contribution in [1.29, 1.82) is 0 Å². The van der Waals surface area contributed by atoms with Gasteiger partial charge in [0.05, 0.1) is 7.11 Å². The molecule has 28 heavy (non-hydrogen) atoms. The van der Waals surface area contributed by atoms with Crippen molar-refractivity contribution in [2.75, 3.05) is 13.7 Å². The molecule has 1 aliphatic rings. The minimum absolute atomic E-state index is 0.0514. The monoisotopic (exact) mass is 388 g/mol. The van der Waals surface area contributed by atoms with Gasteiger partial charge in [0.25, 0.3) is 0 Å². The van der Waals surface area contributed by atoms with Crippen LogP contribution >= 0.6 is 0 Å². The second-order valence-electron chi connectivity index (χ2n) is 7.71. The Morgan fingerprint density at radius 3 is 2.36 bits per heavy atom. The summed E-state index contributed by atoms with van der Waals surface area (Å²) < 4.78 is 5.26. The Labute approximate surface area is 169 Å². The van der Waals surface area contributed by atoms with Gasteiger partial charge < -0.3 is 15.0 Å². The van der Waals surface area contributed by atoms with E-state index in [1.54, 1.807) is 12.0 Å². The first-order valence-corrected chi connectivity index (χ1v) is 10.8. The number of nitrogens with one attached hydrogen (secondary N) is 1. The Hall–Kier alpha value is -2.04. The highest BCUT2D eigenvalue weighted by Crippen LogP contribution is 2.27. The zero-order chi connectivity index (χ0) is 20.4. The van der Waals surface area contributed by atoms with Gasteiger partial charge in [0.1, 0.15) is 11.8 Å². The van der Waals surface area contributed by atoms with Crippen LogP contribution in [0.15, 0.2) is 24.3 Å². The zero-order valence-corrected chi connectivity index (χ0v) is 17.7. The molecule has 0 bridgehead atoms. The maximum Gasteiger partial charge on any atom is 0.247 e. The first-order chi connectivity index (χ1) is 13.6. The smallest absolute Gasteiger partial charge is 0.247 e. The number of unbranched alkanes of at least 4 members (excludes halogenated alkanes) is 1. The third kappa shape index (κ3) is 6.25. The molecule has 2 amide bonds. The molecule has 2 rings (SSSR count). The van der Waals surface area contributed by atoms with Gasteiger partial charge in [0.2, 0.25) is 11.8 Å². The highest BCUT2D eigenvalue weighted by atomic mass is 16.5. The van der Waals surface area contributed by atoms with E-state index in [0.29, 0.717) is 13.0 Å². The molecule has 1 fully saturated rings. The quantitative estimate of drug-likeness (QED) is 0.636. The average molecular weight is 389 g/mol. The molecular formula is C23H36N2O3. The molecular weight excluding hydrogens is 352 g/mol. The van der Waals surface area contributed by atoms with E-state index in [1.165, 1.54) is 6.42 Å². The highest BCUT2D eigenvalue weighted by molar-refractivity contribution is 5.89. The van der Waals surface area contributed by atoms with Crippen molar-refractivity contribution in [2.24, 2.45) is 0 Å². The van der Waals surface area contributed by atoms with E-state index >= 15 is 0 Å². The predicted octanol–water partition coefficient (Wildman–Crippen LogP) is 4.61. The number of amides is 2. The molecule has 0 saturated heterocycles. The van der Waals surface area contributed by atoms with E-state index in [-0.39, 0.29) is 17.9 Å². The topological polar surface area (TPSA) is 58.6 Å².